The third-order valence-corrected chi connectivity index (χ3v) is 3.40. The molecule has 1 aromatic carbocycles. The lowest BCUT2D eigenvalue weighted by atomic mass is 10.1. The second-order valence-corrected chi connectivity index (χ2v) is 5.21. The molecule has 1 saturated heterocycles. The third-order valence-electron chi connectivity index (χ3n) is 3.40. The second-order valence-electron chi connectivity index (χ2n) is 5.21. The Morgan fingerprint density at radius 3 is 2.50 bits per heavy atom. The largest absolute Gasteiger partial charge is 0.381 e. The number of anilines is 1. The summed E-state index contributed by atoms with van der Waals surface area (Å²) in [7, 11) is 4.01. The normalized spacial score (nSPS) is 16.3. The van der Waals surface area contributed by atoms with E-state index < -0.39 is 0 Å². The van der Waals surface area contributed by atoms with Crippen molar-refractivity contribution in [2.24, 2.45) is 0 Å². The highest BCUT2D eigenvalue weighted by molar-refractivity contribution is 5.91. The molecule has 0 spiro atoms. The lowest BCUT2D eigenvalue weighted by Gasteiger charge is -2.22. The maximum Gasteiger partial charge on any atom is 0.244 e. The highest BCUT2D eigenvalue weighted by atomic mass is 16.5. The molecule has 0 radical (unpaired) electrons. The average molecular weight is 274 g/mol. The number of hydrogen-bond donors (Lipinski definition) is 1. The zero-order valence-corrected chi connectivity index (χ0v) is 12.1. The smallest absolute Gasteiger partial charge is 0.244 e. The molecule has 20 heavy (non-hydrogen) atoms. The fourth-order valence-corrected chi connectivity index (χ4v) is 2.15. The zero-order chi connectivity index (χ0) is 14.4. The molecule has 1 aliphatic heterocycles. The van der Waals surface area contributed by atoms with Crippen LogP contribution in [0.4, 0.5) is 5.69 Å². The molecule has 1 amide bonds. The molecule has 4 heteroatoms. The highest BCUT2D eigenvalue weighted by Crippen LogP contribution is 2.13. The second kappa shape index (κ2) is 7.10. The van der Waals surface area contributed by atoms with Gasteiger partial charge in [-0.3, -0.25) is 4.79 Å². The Balaban J connectivity index is 1.86. The van der Waals surface area contributed by atoms with Gasteiger partial charge in [0.2, 0.25) is 5.91 Å². The standard InChI is InChI=1S/C16H22N2O2/c1-18(2)15-6-3-13(4-7-15)5-8-16(19)17-14-9-11-20-12-10-14/h3-8,14H,9-12H2,1-2H3,(H,17,19)/b8-5+. The number of rotatable bonds is 4. The maximum atomic E-state index is 11.8. The van der Waals surface area contributed by atoms with Crippen molar-refractivity contribution in [3.05, 3.63) is 35.9 Å². The molecule has 0 saturated carbocycles. The van der Waals surface area contributed by atoms with Crippen LogP contribution in [0.5, 0.6) is 0 Å². The van der Waals surface area contributed by atoms with Crippen molar-refractivity contribution in [1.82, 2.24) is 5.32 Å². The van der Waals surface area contributed by atoms with Crippen LogP contribution in [0.15, 0.2) is 30.3 Å². The molecule has 4 nitrogen and oxygen atoms in total. The molecule has 2 rings (SSSR count). The average Bonchev–Trinajstić information content (AvgIpc) is 2.46. The number of nitrogens with one attached hydrogen (secondary N) is 1. The van der Waals surface area contributed by atoms with Crippen LogP contribution in [-0.4, -0.2) is 39.3 Å². The van der Waals surface area contributed by atoms with Gasteiger partial charge in [0.15, 0.2) is 0 Å². The number of carbonyl (C=O) groups is 1. The number of amides is 1. The van der Waals surface area contributed by atoms with Crippen LogP contribution < -0.4 is 10.2 Å². The highest BCUT2D eigenvalue weighted by Gasteiger charge is 2.14. The van der Waals surface area contributed by atoms with Crippen molar-refractivity contribution in [2.75, 3.05) is 32.2 Å². The van der Waals surface area contributed by atoms with E-state index in [2.05, 4.69) is 5.32 Å². The Labute approximate surface area is 120 Å². The lowest BCUT2D eigenvalue weighted by Crippen LogP contribution is -2.37. The van der Waals surface area contributed by atoms with E-state index in [-0.39, 0.29) is 11.9 Å². The maximum absolute atomic E-state index is 11.8. The van der Waals surface area contributed by atoms with E-state index in [4.69, 9.17) is 4.74 Å². The van der Waals surface area contributed by atoms with Crippen molar-refractivity contribution >= 4 is 17.7 Å². The summed E-state index contributed by atoms with van der Waals surface area (Å²) < 4.78 is 5.27. The van der Waals surface area contributed by atoms with Crippen LogP contribution in [0, 0.1) is 0 Å². The number of hydrogen-bond acceptors (Lipinski definition) is 3. The van der Waals surface area contributed by atoms with E-state index in [1.165, 1.54) is 0 Å². The van der Waals surface area contributed by atoms with Crippen LogP contribution >= 0.6 is 0 Å². The summed E-state index contributed by atoms with van der Waals surface area (Å²) in [5, 5.41) is 3.00. The van der Waals surface area contributed by atoms with Gasteiger partial charge < -0.3 is 15.0 Å². The summed E-state index contributed by atoms with van der Waals surface area (Å²) in [6.45, 7) is 1.47. The van der Waals surface area contributed by atoms with Crippen LogP contribution in [-0.2, 0) is 9.53 Å². The summed E-state index contributed by atoms with van der Waals surface area (Å²) in [5.74, 6) is -0.0337. The van der Waals surface area contributed by atoms with Crippen molar-refractivity contribution in [3.63, 3.8) is 0 Å². The fourth-order valence-electron chi connectivity index (χ4n) is 2.15. The molecule has 1 N–H and O–H groups in total. The lowest BCUT2D eigenvalue weighted by molar-refractivity contribution is -0.117. The van der Waals surface area contributed by atoms with E-state index in [0.29, 0.717) is 0 Å². The van der Waals surface area contributed by atoms with E-state index >= 15 is 0 Å². The Hall–Kier alpha value is -1.81. The Kier molecular flexibility index (Phi) is 5.18. The van der Waals surface area contributed by atoms with Gasteiger partial charge in [-0.05, 0) is 36.6 Å². The fraction of sp³-hybridized carbons (Fsp3) is 0.438. The first-order valence-corrected chi connectivity index (χ1v) is 6.99. The van der Waals surface area contributed by atoms with Gasteiger partial charge >= 0.3 is 0 Å². The molecule has 1 aliphatic rings. The molecule has 0 bridgehead atoms. The molecule has 0 aromatic heterocycles. The van der Waals surface area contributed by atoms with E-state index in [1.807, 2.05) is 49.3 Å². The summed E-state index contributed by atoms with van der Waals surface area (Å²) in [6.07, 6.45) is 5.24. The first-order valence-electron chi connectivity index (χ1n) is 6.99. The van der Waals surface area contributed by atoms with E-state index in [9.17, 15) is 4.79 Å². The van der Waals surface area contributed by atoms with Gasteiger partial charge in [0.25, 0.3) is 0 Å². The van der Waals surface area contributed by atoms with Crippen LogP contribution in [0.3, 0.4) is 0 Å². The van der Waals surface area contributed by atoms with Crippen molar-refractivity contribution in [2.45, 2.75) is 18.9 Å². The minimum Gasteiger partial charge on any atom is -0.381 e. The Bertz CT molecular complexity index is 460. The number of benzene rings is 1. The van der Waals surface area contributed by atoms with Crippen LogP contribution in [0.2, 0.25) is 0 Å². The van der Waals surface area contributed by atoms with Crippen LogP contribution in [0.1, 0.15) is 18.4 Å². The van der Waals surface area contributed by atoms with Gasteiger partial charge in [-0.15, -0.1) is 0 Å². The summed E-state index contributed by atoms with van der Waals surface area (Å²) >= 11 is 0. The monoisotopic (exact) mass is 274 g/mol. The van der Waals surface area contributed by atoms with Gasteiger partial charge in [-0.2, -0.15) is 0 Å². The molecule has 1 aromatic rings. The molecule has 1 heterocycles. The molecule has 1 fully saturated rings. The Morgan fingerprint density at radius 2 is 1.90 bits per heavy atom. The van der Waals surface area contributed by atoms with Gasteiger partial charge in [-0.1, -0.05) is 12.1 Å². The zero-order valence-electron chi connectivity index (χ0n) is 12.1. The predicted molar refractivity (Wildman–Crippen MR) is 81.8 cm³/mol. The van der Waals surface area contributed by atoms with Crippen molar-refractivity contribution < 1.29 is 9.53 Å². The molecule has 0 aliphatic carbocycles. The molecular weight excluding hydrogens is 252 g/mol. The molecule has 0 atom stereocenters. The van der Waals surface area contributed by atoms with Crippen LogP contribution in [0.25, 0.3) is 6.08 Å². The first-order chi connectivity index (χ1) is 9.65. The summed E-state index contributed by atoms with van der Waals surface area (Å²) in [4.78, 5) is 13.9. The number of ether oxygens (including phenoxy) is 1. The quantitative estimate of drug-likeness (QED) is 0.855. The topological polar surface area (TPSA) is 41.6 Å². The summed E-state index contributed by atoms with van der Waals surface area (Å²) in [6, 6.07) is 8.34. The predicted octanol–water partition coefficient (Wildman–Crippen LogP) is 2.06. The molecule has 0 unspecified atom stereocenters. The minimum atomic E-state index is -0.0337. The first kappa shape index (κ1) is 14.6. The summed E-state index contributed by atoms with van der Waals surface area (Å²) in [5.41, 5.74) is 2.17. The number of nitrogens with zero attached hydrogens (tertiary/aromatic N) is 1. The molecular formula is C16H22N2O2. The van der Waals surface area contributed by atoms with Crippen molar-refractivity contribution in [3.8, 4) is 0 Å². The van der Waals surface area contributed by atoms with Gasteiger partial charge in [-0.25, -0.2) is 0 Å². The van der Waals surface area contributed by atoms with Gasteiger partial charge in [0, 0.05) is 45.1 Å². The SMILES string of the molecule is CN(C)c1ccc(/C=C/C(=O)NC2CCOCC2)cc1. The number of carbonyl (C=O) groups excluding carboxylic acids is 1. The molecule has 108 valence electrons. The minimum absolute atomic E-state index is 0.0337. The van der Waals surface area contributed by atoms with E-state index in [0.717, 1.165) is 37.3 Å². The van der Waals surface area contributed by atoms with Crippen molar-refractivity contribution in [1.29, 1.82) is 0 Å². The van der Waals surface area contributed by atoms with Gasteiger partial charge in [0.05, 0.1) is 0 Å². The van der Waals surface area contributed by atoms with Gasteiger partial charge in [0.1, 0.15) is 0 Å². The Morgan fingerprint density at radius 1 is 1.25 bits per heavy atom. The van der Waals surface area contributed by atoms with E-state index in [1.54, 1.807) is 6.08 Å². The third kappa shape index (κ3) is 4.38.